The van der Waals surface area contributed by atoms with Crippen LogP contribution in [0.2, 0.25) is 0 Å². The summed E-state index contributed by atoms with van der Waals surface area (Å²) in [6.45, 7) is 11.8. The van der Waals surface area contributed by atoms with Gasteiger partial charge in [0.2, 0.25) is 11.8 Å². The van der Waals surface area contributed by atoms with Gasteiger partial charge in [0.15, 0.2) is 5.82 Å². The molecular formula is C21H36N6O3. The molecule has 2 N–H and O–H groups in total. The van der Waals surface area contributed by atoms with Crippen molar-refractivity contribution in [1.82, 2.24) is 30.6 Å². The summed E-state index contributed by atoms with van der Waals surface area (Å²) in [5, 5.41) is 9.54. The van der Waals surface area contributed by atoms with Crippen molar-refractivity contribution >= 4 is 11.9 Å². The van der Waals surface area contributed by atoms with Crippen LogP contribution in [0.25, 0.3) is 0 Å². The summed E-state index contributed by atoms with van der Waals surface area (Å²) in [6, 6.07) is -0.527. The number of imide groups is 1. The van der Waals surface area contributed by atoms with Crippen molar-refractivity contribution in [2.45, 2.75) is 83.8 Å². The summed E-state index contributed by atoms with van der Waals surface area (Å²) < 4.78 is 5.36. The Kier molecular flexibility index (Phi) is 7.46. The maximum Gasteiger partial charge on any atom is 0.321 e. The summed E-state index contributed by atoms with van der Waals surface area (Å²) in [4.78, 5) is 33.5. The molecule has 2 heterocycles. The zero-order chi connectivity index (χ0) is 21.7. The molecular weight excluding hydrogens is 384 g/mol. The molecule has 3 rings (SSSR count). The van der Waals surface area contributed by atoms with E-state index in [4.69, 9.17) is 4.52 Å². The van der Waals surface area contributed by atoms with Crippen LogP contribution in [-0.4, -0.2) is 70.1 Å². The fraction of sp³-hybridized carbons (Fsp3) is 0.810. The van der Waals surface area contributed by atoms with Gasteiger partial charge in [-0.25, -0.2) is 4.79 Å². The first kappa shape index (κ1) is 22.7. The summed E-state index contributed by atoms with van der Waals surface area (Å²) in [5.74, 6) is 1.09. The predicted molar refractivity (Wildman–Crippen MR) is 113 cm³/mol. The van der Waals surface area contributed by atoms with Gasteiger partial charge in [-0.1, -0.05) is 45.2 Å². The zero-order valence-corrected chi connectivity index (χ0v) is 18.7. The molecule has 2 fully saturated rings. The number of carbonyl (C=O) groups is 2. The fourth-order valence-electron chi connectivity index (χ4n) is 3.98. The van der Waals surface area contributed by atoms with Crippen molar-refractivity contribution in [2.24, 2.45) is 0 Å². The highest BCUT2D eigenvalue weighted by Gasteiger charge is 2.28. The molecule has 1 saturated carbocycles. The molecule has 0 radical (unpaired) electrons. The summed E-state index contributed by atoms with van der Waals surface area (Å²) >= 11 is 0. The SMILES string of the molecule is C[C@H](C(=O)NC(=O)NC1CCCCC1)N1CCN(Cc2noc(C(C)(C)C)n2)CC1. The van der Waals surface area contributed by atoms with E-state index in [0.717, 1.165) is 51.9 Å². The smallest absolute Gasteiger partial charge is 0.321 e. The molecule has 1 aliphatic carbocycles. The summed E-state index contributed by atoms with van der Waals surface area (Å²) in [7, 11) is 0. The van der Waals surface area contributed by atoms with E-state index in [-0.39, 0.29) is 29.4 Å². The molecule has 0 aromatic carbocycles. The molecule has 9 nitrogen and oxygen atoms in total. The monoisotopic (exact) mass is 420 g/mol. The van der Waals surface area contributed by atoms with Crippen molar-refractivity contribution in [3.05, 3.63) is 11.7 Å². The van der Waals surface area contributed by atoms with E-state index in [1.165, 1.54) is 6.42 Å². The van der Waals surface area contributed by atoms with Crippen LogP contribution in [0.5, 0.6) is 0 Å². The van der Waals surface area contributed by atoms with Crippen LogP contribution in [-0.2, 0) is 16.8 Å². The molecule has 0 spiro atoms. The molecule has 1 saturated heterocycles. The van der Waals surface area contributed by atoms with Crippen LogP contribution in [0.1, 0.15) is 71.5 Å². The highest BCUT2D eigenvalue weighted by molar-refractivity contribution is 5.96. The molecule has 30 heavy (non-hydrogen) atoms. The molecule has 1 aromatic rings. The first-order chi connectivity index (χ1) is 14.2. The lowest BCUT2D eigenvalue weighted by Gasteiger charge is -2.36. The molecule has 9 heteroatoms. The Bertz CT molecular complexity index is 715. The van der Waals surface area contributed by atoms with Gasteiger partial charge in [0.25, 0.3) is 0 Å². The largest absolute Gasteiger partial charge is 0.339 e. The van der Waals surface area contributed by atoms with E-state index in [0.29, 0.717) is 18.3 Å². The second kappa shape index (κ2) is 9.87. The van der Waals surface area contributed by atoms with Crippen LogP contribution in [0.15, 0.2) is 4.52 Å². The van der Waals surface area contributed by atoms with Crippen molar-refractivity contribution in [3.63, 3.8) is 0 Å². The topological polar surface area (TPSA) is 104 Å². The summed E-state index contributed by atoms with van der Waals surface area (Å²) in [6.07, 6.45) is 5.50. The number of nitrogens with zero attached hydrogens (tertiary/aromatic N) is 4. The van der Waals surface area contributed by atoms with E-state index < -0.39 is 0 Å². The number of aromatic nitrogens is 2. The lowest BCUT2D eigenvalue weighted by molar-refractivity contribution is -0.125. The maximum atomic E-state index is 12.5. The van der Waals surface area contributed by atoms with Crippen LogP contribution >= 0.6 is 0 Å². The average molecular weight is 421 g/mol. The Labute approximate surface area is 178 Å². The number of carbonyl (C=O) groups excluding carboxylic acids is 2. The van der Waals surface area contributed by atoms with Crippen LogP contribution < -0.4 is 10.6 Å². The molecule has 0 unspecified atom stereocenters. The Morgan fingerprint density at radius 1 is 1.13 bits per heavy atom. The van der Waals surface area contributed by atoms with E-state index in [2.05, 4.69) is 30.6 Å². The van der Waals surface area contributed by atoms with Gasteiger partial charge < -0.3 is 9.84 Å². The maximum absolute atomic E-state index is 12.5. The Morgan fingerprint density at radius 3 is 2.40 bits per heavy atom. The van der Waals surface area contributed by atoms with Gasteiger partial charge in [-0.2, -0.15) is 4.98 Å². The molecule has 1 aliphatic heterocycles. The van der Waals surface area contributed by atoms with E-state index in [9.17, 15) is 9.59 Å². The lowest BCUT2D eigenvalue weighted by Crippen LogP contribution is -2.56. The number of rotatable bonds is 5. The van der Waals surface area contributed by atoms with Crippen molar-refractivity contribution in [2.75, 3.05) is 26.2 Å². The van der Waals surface area contributed by atoms with Gasteiger partial charge in [0.05, 0.1) is 12.6 Å². The minimum absolute atomic E-state index is 0.157. The first-order valence-corrected chi connectivity index (χ1v) is 11.1. The normalized spacial score (nSPS) is 20.7. The number of hydrogen-bond donors (Lipinski definition) is 2. The number of urea groups is 1. The third-order valence-corrected chi connectivity index (χ3v) is 5.99. The van der Waals surface area contributed by atoms with Gasteiger partial charge in [-0.05, 0) is 19.8 Å². The van der Waals surface area contributed by atoms with Gasteiger partial charge in [-0.15, -0.1) is 0 Å². The van der Waals surface area contributed by atoms with Gasteiger partial charge in [-0.3, -0.25) is 19.9 Å². The van der Waals surface area contributed by atoms with Crippen molar-refractivity contribution < 1.29 is 14.1 Å². The fourth-order valence-corrected chi connectivity index (χ4v) is 3.98. The van der Waals surface area contributed by atoms with E-state index in [1.807, 2.05) is 27.7 Å². The molecule has 2 aliphatic rings. The first-order valence-electron chi connectivity index (χ1n) is 11.1. The zero-order valence-electron chi connectivity index (χ0n) is 18.7. The molecule has 168 valence electrons. The lowest BCUT2D eigenvalue weighted by atomic mass is 9.96. The predicted octanol–water partition coefficient (Wildman–Crippen LogP) is 2.03. The third kappa shape index (κ3) is 6.25. The second-order valence-corrected chi connectivity index (χ2v) is 9.55. The van der Waals surface area contributed by atoms with Crippen LogP contribution in [0, 0.1) is 0 Å². The highest BCUT2D eigenvalue weighted by atomic mass is 16.5. The second-order valence-electron chi connectivity index (χ2n) is 9.55. The van der Waals surface area contributed by atoms with E-state index >= 15 is 0 Å². The van der Waals surface area contributed by atoms with Crippen molar-refractivity contribution in [1.29, 1.82) is 0 Å². The molecule has 3 amide bonds. The minimum atomic E-state index is -0.371. The van der Waals surface area contributed by atoms with Crippen molar-refractivity contribution in [3.8, 4) is 0 Å². The third-order valence-electron chi connectivity index (χ3n) is 5.99. The number of hydrogen-bond acceptors (Lipinski definition) is 7. The van der Waals surface area contributed by atoms with Gasteiger partial charge in [0, 0.05) is 37.6 Å². The molecule has 0 bridgehead atoms. The number of piperazine rings is 1. The quantitative estimate of drug-likeness (QED) is 0.751. The standard InChI is InChI=1S/C21H36N6O3/c1-15(18(28)24-20(29)22-16-8-6-5-7-9-16)27-12-10-26(11-13-27)14-17-23-19(30-25-17)21(2,3)4/h15-16H,5-14H2,1-4H3,(H2,22,24,28,29)/t15-/m1/s1. The van der Waals surface area contributed by atoms with E-state index in [1.54, 1.807) is 0 Å². The Hall–Kier alpha value is -2.00. The highest BCUT2D eigenvalue weighted by Crippen LogP contribution is 2.20. The van der Waals surface area contributed by atoms with Crippen LogP contribution in [0.3, 0.4) is 0 Å². The summed E-state index contributed by atoms with van der Waals surface area (Å²) in [5.41, 5.74) is -0.157. The average Bonchev–Trinajstić information content (AvgIpc) is 3.18. The van der Waals surface area contributed by atoms with Gasteiger partial charge >= 0.3 is 6.03 Å². The Morgan fingerprint density at radius 2 is 1.80 bits per heavy atom. The van der Waals surface area contributed by atoms with Crippen LogP contribution in [0.4, 0.5) is 4.79 Å². The van der Waals surface area contributed by atoms with Gasteiger partial charge in [0.1, 0.15) is 0 Å². The number of nitrogens with one attached hydrogen (secondary N) is 2. The molecule has 1 aromatic heterocycles. The minimum Gasteiger partial charge on any atom is -0.339 e. The Balaban J connectivity index is 1.40. The number of amides is 3. The molecule has 1 atom stereocenters.